The molecule has 4 nitrogen and oxygen atoms in total. The van der Waals surface area contributed by atoms with Crippen LogP contribution in [0.15, 0.2) is 29.2 Å². The molecular formula is C13H16O4S. The molecule has 5 heteroatoms. The molecule has 18 heavy (non-hydrogen) atoms. The predicted molar refractivity (Wildman–Crippen MR) is 67.5 cm³/mol. The van der Waals surface area contributed by atoms with Gasteiger partial charge in [-0.2, -0.15) is 0 Å². The van der Waals surface area contributed by atoms with Gasteiger partial charge in [-0.05, 0) is 37.1 Å². The standard InChI is InChI=1S/C13H16O4S/c14-13(15)10-6-8-12(9-7-10)18(16,17)11-4-2-1-3-5-11/h6-9,11H,1-5H2,(H,14,15). The van der Waals surface area contributed by atoms with E-state index in [1.165, 1.54) is 24.3 Å². The molecule has 0 aliphatic heterocycles. The summed E-state index contributed by atoms with van der Waals surface area (Å²) in [5.74, 6) is -1.04. The second kappa shape index (κ2) is 5.10. The van der Waals surface area contributed by atoms with Crippen LogP contribution in [0.4, 0.5) is 0 Å². The van der Waals surface area contributed by atoms with Gasteiger partial charge in [-0.3, -0.25) is 0 Å². The first-order valence-corrected chi connectivity index (χ1v) is 7.64. The molecule has 98 valence electrons. The van der Waals surface area contributed by atoms with E-state index in [2.05, 4.69) is 0 Å². The van der Waals surface area contributed by atoms with E-state index in [-0.39, 0.29) is 15.7 Å². The summed E-state index contributed by atoms with van der Waals surface area (Å²) in [7, 11) is -3.30. The van der Waals surface area contributed by atoms with Gasteiger partial charge in [0.05, 0.1) is 15.7 Å². The largest absolute Gasteiger partial charge is 0.478 e. The van der Waals surface area contributed by atoms with Gasteiger partial charge in [-0.1, -0.05) is 19.3 Å². The number of rotatable bonds is 3. The lowest BCUT2D eigenvalue weighted by Crippen LogP contribution is -2.24. The summed E-state index contributed by atoms with van der Waals surface area (Å²) in [6, 6.07) is 5.48. The van der Waals surface area contributed by atoms with E-state index in [0.717, 1.165) is 19.3 Å². The first-order chi connectivity index (χ1) is 8.51. The molecule has 0 unspecified atom stereocenters. The Labute approximate surface area is 107 Å². The van der Waals surface area contributed by atoms with E-state index >= 15 is 0 Å². The normalized spacial score (nSPS) is 17.6. The highest BCUT2D eigenvalue weighted by Crippen LogP contribution is 2.28. The average molecular weight is 268 g/mol. The van der Waals surface area contributed by atoms with E-state index in [1.54, 1.807) is 0 Å². The van der Waals surface area contributed by atoms with Gasteiger partial charge in [0.1, 0.15) is 0 Å². The third kappa shape index (κ3) is 2.56. The van der Waals surface area contributed by atoms with Crippen LogP contribution in [0.25, 0.3) is 0 Å². The van der Waals surface area contributed by atoms with Crippen LogP contribution in [0.1, 0.15) is 42.5 Å². The van der Waals surface area contributed by atoms with E-state index in [9.17, 15) is 13.2 Å². The van der Waals surface area contributed by atoms with Crippen molar-refractivity contribution in [2.45, 2.75) is 42.2 Å². The number of hydrogen-bond donors (Lipinski definition) is 1. The fraction of sp³-hybridized carbons (Fsp3) is 0.462. The van der Waals surface area contributed by atoms with Crippen LogP contribution in [0.3, 0.4) is 0 Å². The van der Waals surface area contributed by atoms with Gasteiger partial charge < -0.3 is 5.11 Å². The Hall–Kier alpha value is -1.36. The highest BCUT2D eigenvalue weighted by atomic mass is 32.2. The van der Waals surface area contributed by atoms with E-state index in [4.69, 9.17) is 5.11 Å². The summed E-state index contributed by atoms with van der Waals surface area (Å²) in [5.41, 5.74) is 0.109. The maximum absolute atomic E-state index is 12.3. The van der Waals surface area contributed by atoms with Gasteiger partial charge in [0.2, 0.25) is 0 Å². The number of sulfone groups is 1. The van der Waals surface area contributed by atoms with Crippen LogP contribution in [-0.2, 0) is 9.84 Å². The quantitative estimate of drug-likeness (QED) is 0.914. The minimum atomic E-state index is -3.30. The summed E-state index contributed by atoms with van der Waals surface area (Å²) >= 11 is 0. The smallest absolute Gasteiger partial charge is 0.335 e. The van der Waals surface area contributed by atoms with Gasteiger partial charge in [0.15, 0.2) is 9.84 Å². The van der Waals surface area contributed by atoms with Crippen molar-refractivity contribution in [1.82, 2.24) is 0 Å². The minimum absolute atomic E-state index is 0.109. The van der Waals surface area contributed by atoms with Crippen molar-refractivity contribution in [1.29, 1.82) is 0 Å². The van der Waals surface area contributed by atoms with Crippen molar-refractivity contribution >= 4 is 15.8 Å². The van der Waals surface area contributed by atoms with Gasteiger partial charge in [-0.25, -0.2) is 13.2 Å². The monoisotopic (exact) mass is 268 g/mol. The molecule has 1 aromatic carbocycles. The summed E-state index contributed by atoms with van der Waals surface area (Å²) in [5, 5.41) is 8.47. The lowest BCUT2D eigenvalue weighted by molar-refractivity contribution is 0.0697. The molecule has 0 saturated heterocycles. The Balaban J connectivity index is 2.26. The summed E-state index contributed by atoms with van der Waals surface area (Å²) in [6.07, 6.45) is 4.43. The number of aromatic carboxylic acids is 1. The summed E-state index contributed by atoms with van der Waals surface area (Å²) in [4.78, 5) is 10.9. The number of carboxylic acids is 1. The molecule has 0 atom stereocenters. The molecule has 0 radical (unpaired) electrons. The summed E-state index contributed by atoms with van der Waals surface area (Å²) < 4.78 is 24.6. The molecule has 0 amide bonds. The van der Waals surface area contributed by atoms with Crippen LogP contribution in [0, 0.1) is 0 Å². The van der Waals surface area contributed by atoms with Crippen LogP contribution < -0.4 is 0 Å². The van der Waals surface area contributed by atoms with E-state index in [1.807, 2.05) is 0 Å². The number of hydrogen-bond acceptors (Lipinski definition) is 3. The lowest BCUT2D eigenvalue weighted by Gasteiger charge is -2.21. The van der Waals surface area contributed by atoms with Crippen LogP contribution in [0.2, 0.25) is 0 Å². The molecule has 0 aromatic heterocycles. The molecule has 1 saturated carbocycles. The minimum Gasteiger partial charge on any atom is -0.478 e. The third-order valence-corrected chi connectivity index (χ3v) is 5.70. The molecule has 2 rings (SSSR count). The molecular weight excluding hydrogens is 252 g/mol. The third-order valence-electron chi connectivity index (χ3n) is 3.42. The molecule has 1 aromatic rings. The Morgan fingerprint density at radius 3 is 2.11 bits per heavy atom. The van der Waals surface area contributed by atoms with Crippen molar-refractivity contribution in [2.75, 3.05) is 0 Å². The van der Waals surface area contributed by atoms with Gasteiger partial charge in [-0.15, -0.1) is 0 Å². The molecule has 0 spiro atoms. The Kier molecular flexibility index (Phi) is 3.71. The predicted octanol–water partition coefficient (Wildman–Crippen LogP) is 2.49. The van der Waals surface area contributed by atoms with Crippen LogP contribution in [0.5, 0.6) is 0 Å². The fourth-order valence-electron chi connectivity index (χ4n) is 2.36. The lowest BCUT2D eigenvalue weighted by atomic mass is 10.0. The van der Waals surface area contributed by atoms with Crippen molar-refractivity contribution < 1.29 is 18.3 Å². The molecule has 1 fully saturated rings. The van der Waals surface area contributed by atoms with Crippen molar-refractivity contribution in [2.24, 2.45) is 0 Å². The second-order valence-corrected chi connectivity index (χ2v) is 6.86. The number of carbonyl (C=O) groups is 1. The zero-order chi connectivity index (χ0) is 13.2. The van der Waals surface area contributed by atoms with Gasteiger partial charge >= 0.3 is 5.97 Å². The molecule has 1 aliphatic carbocycles. The fourth-order valence-corrected chi connectivity index (χ4v) is 4.21. The Morgan fingerprint density at radius 1 is 1.06 bits per heavy atom. The molecule has 0 bridgehead atoms. The van der Waals surface area contributed by atoms with Gasteiger partial charge in [0, 0.05) is 0 Å². The maximum atomic E-state index is 12.3. The summed E-state index contributed by atoms with van der Waals surface area (Å²) in [6.45, 7) is 0. The average Bonchev–Trinajstić information content (AvgIpc) is 2.40. The van der Waals surface area contributed by atoms with E-state index in [0.29, 0.717) is 12.8 Å². The van der Waals surface area contributed by atoms with Crippen molar-refractivity contribution in [3.8, 4) is 0 Å². The number of benzene rings is 1. The topological polar surface area (TPSA) is 71.4 Å². The maximum Gasteiger partial charge on any atom is 0.335 e. The van der Waals surface area contributed by atoms with Gasteiger partial charge in [0.25, 0.3) is 0 Å². The Morgan fingerprint density at radius 2 is 1.61 bits per heavy atom. The SMILES string of the molecule is O=C(O)c1ccc(S(=O)(=O)C2CCCCC2)cc1. The Bertz CT molecular complexity index is 525. The molecule has 1 aliphatic rings. The van der Waals surface area contributed by atoms with Crippen molar-refractivity contribution in [3.05, 3.63) is 29.8 Å². The first-order valence-electron chi connectivity index (χ1n) is 6.09. The number of carboxylic acid groups (broad SMARTS) is 1. The van der Waals surface area contributed by atoms with E-state index < -0.39 is 15.8 Å². The highest BCUT2D eigenvalue weighted by molar-refractivity contribution is 7.92. The van der Waals surface area contributed by atoms with Crippen molar-refractivity contribution in [3.63, 3.8) is 0 Å². The zero-order valence-electron chi connectivity index (χ0n) is 10.0. The molecule has 0 heterocycles. The van der Waals surface area contributed by atoms with Crippen LogP contribution in [-0.4, -0.2) is 24.7 Å². The molecule has 1 N–H and O–H groups in total. The second-order valence-electron chi connectivity index (χ2n) is 4.63. The van der Waals surface area contributed by atoms with Crippen LogP contribution >= 0.6 is 0 Å². The first kappa shape index (κ1) is 13.1. The zero-order valence-corrected chi connectivity index (χ0v) is 10.8. The highest BCUT2D eigenvalue weighted by Gasteiger charge is 2.28.